The number of hydrogen-bond acceptors (Lipinski definition) is 41. The number of aliphatic hydroxyl groups is 24. The number of hydrogen-bond donors (Lipinski definition) is 26. The van der Waals surface area contributed by atoms with Crippen molar-refractivity contribution in [1.82, 2.24) is 10.6 Å². The van der Waals surface area contributed by atoms with Gasteiger partial charge in [-0.1, -0.05) is 0 Å². The molecule has 0 unspecified atom stereocenters. The van der Waals surface area contributed by atoms with Crippen molar-refractivity contribution in [1.29, 1.82) is 0 Å². The molecule has 43 nitrogen and oxygen atoms in total. The van der Waals surface area contributed by atoms with Crippen LogP contribution in [-0.2, 0) is 80.6 Å². The zero-order valence-corrected chi connectivity index (χ0v) is 50.4. The number of aliphatic hydroxyl groups excluding tert-OH is 24. The molecular weight excluding hydrogens is 1310 g/mol. The van der Waals surface area contributed by atoms with Crippen molar-refractivity contribution in [2.24, 2.45) is 0 Å². The summed E-state index contributed by atoms with van der Waals surface area (Å²) in [6.07, 6.45) is -75.2. The smallest absolute Gasteiger partial charge is 0.217 e. The fraction of sp³-hybridized carbons (Fsp3) is 0.962. The number of amides is 2. The molecule has 0 saturated carbocycles. The molecule has 0 bridgehead atoms. The summed E-state index contributed by atoms with van der Waals surface area (Å²) >= 11 is 0. The van der Waals surface area contributed by atoms with Gasteiger partial charge in [0.15, 0.2) is 50.3 Å². The zero-order chi connectivity index (χ0) is 69.9. The first-order valence-electron chi connectivity index (χ1n) is 30.1. The predicted octanol–water partition coefficient (Wildman–Crippen LogP) is -18.2. The van der Waals surface area contributed by atoms with Gasteiger partial charge in [0.05, 0.1) is 52.9 Å². The molecule has 0 aromatic carbocycles. The standard InChI is InChI=1S/C52H88N2O41/c1-11(61)53-21-40(26(66)14(4-56)83-45(21)80)91-50-35(75)32(72)24(64)19(89-50)9-82-48-38(78)43(29(69)17(7-59)86-48)95-52-39(79)44(30(70)18(8-60)88-52)94-51-36(76)33(73)25(65)20(90-51)10-81-47-37(77)42(28(68)16(6-58)85-47)93-46-22(54-12(2)62)41(27(67)15(5-57)84-46)92-49-34(74)31(71)23(63)13(3-55)87-49/h13-52,55-60,63-80H,3-10H2,1-2H3,(H,53,61)(H,54,62)/t13-,14-,15-,16-,17-,18-,19-,20-,21-,22-,23+,24-,25-,26-,27-,28+,29+,30+,31+,32+,33+,34-,35-,36-,37-,38-,39-,40-,41-,42+,43+,44+,45-,46+,47+,48+,49+,50+,51+,52+/m1/s1. The van der Waals surface area contributed by atoms with E-state index in [0.29, 0.717) is 0 Å². The fourth-order valence-corrected chi connectivity index (χ4v) is 12.1. The van der Waals surface area contributed by atoms with Crippen LogP contribution in [0.1, 0.15) is 13.8 Å². The monoisotopic (exact) mass is 1400 g/mol. The maximum Gasteiger partial charge on any atom is 0.217 e. The second-order valence-corrected chi connectivity index (χ2v) is 23.9. The van der Waals surface area contributed by atoms with Gasteiger partial charge in [-0.05, 0) is 0 Å². The van der Waals surface area contributed by atoms with E-state index in [9.17, 15) is 132 Å². The summed E-state index contributed by atoms with van der Waals surface area (Å²) < 4.78 is 84.9. The van der Waals surface area contributed by atoms with Crippen LogP contribution in [0.15, 0.2) is 0 Å². The van der Waals surface area contributed by atoms with Crippen LogP contribution in [0.4, 0.5) is 0 Å². The highest BCUT2D eigenvalue weighted by Gasteiger charge is 2.59. The molecule has 40 atom stereocenters. The summed E-state index contributed by atoms with van der Waals surface area (Å²) in [5.74, 6) is -1.61. The van der Waals surface area contributed by atoms with E-state index in [2.05, 4.69) is 10.6 Å². The number of ether oxygens (including phenoxy) is 15. The van der Waals surface area contributed by atoms with Crippen LogP contribution >= 0.6 is 0 Å². The Balaban J connectivity index is 0.929. The normalized spacial score (nSPS) is 50.8. The Kier molecular flexibility index (Phi) is 27.9. The molecule has 26 N–H and O–H groups in total. The number of nitrogens with one attached hydrogen (secondary N) is 2. The highest BCUT2D eigenvalue weighted by Crippen LogP contribution is 2.38. The Bertz CT molecular complexity index is 2390. The highest BCUT2D eigenvalue weighted by molar-refractivity contribution is 5.73. The van der Waals surface area contributed by atoms with Gasteiger partial charge in [0.2, 0.25) is 11.8 Å². The van der Waals surface area contributed by atoms with Crippen molar-refractivity contribution in [2.45, 2.75) is 259 Å². The molecule has 0 radical (unpaired) electrons. The first-order valence-corrected chi connectivity index (χ1v) is 30.1. The molecule has 95 heavy (non-hydrogen) atoms. The maximum atomic E-state index is 12.6. The van der Waals surface area contributed by atoms with Gasteiger partial charge in [-0.25, -0.2) is 0 Å². The lowest BCUT2D eigenvalue weighted by Gasteiger charge is -2.49. The molecular formula is C52H88N2O41. The molecule has 0 aromatic heterocycles. The van der Waals surface area contributed by atoms with E-state index >= 15 is 0 Å². The second kappa shape index (κ2) is 33.9. The van der Waals surface area contributed by atoms with Crippen LogP contribution in [0.25, 0.3) is 0 Å². The minimum Gasteiger partial charge on any atom is -0.394 e. The summed E-state index contributed by atoms with van der Waals surface area (Å²) in [5.41, 5.74) is 0. The molecule has 43 heteroatoms. The van der Waals surface area contributed by atoms with Crippen LogP contribution in [0.5, 0.6) is 0 Å². The molecule has 0 aliphatic carbocycles. The Labute approximate surface area is 536 Å². The number of carbonyl (C=O) groups excluding carboxylic acids is 2. The lowest BCUT2D eigenvalue weighted by molar-refractivity contribution is -0.386. The Morgan fingerprint density at radius 2 is 0.516 bits per heavy atom. The van der Waals surface area contributed by atoms with Crippen molar-refractivity contribution in [2.75, 3.05) is 52.9 Å². The van der Waals surface area contributed by atoms with Gasteiger partial charge in [0.25, 0.3) is 0 Å². The van der Waals surface area contributed by atoms with Gasteiger partial charge in [-0.15, -0.1) is 0 Å². The van der Waals surface area contributed by atoms with E-state index in [4.69, 9.17) is 71.1 Å². The maximum absolute atomic E-state index is 12.6. The molecule has 8 aliphatic rings. The highest BCUT2D eigenvalue weighted by atomic mass is 16.8. The van der Waals surface area contributed by atoms with Gasteiger partial charge in [0.1, 0.15) is 195 Å². The Morgan fingerprint density at radius 1 is 0.274 bits per heavy atom. The van der Waals surface area contributed by atoms with Crippen LogP contribution in [0.3, 0.4) is 0 Å². The topological polar surface area (TPSA) is 682 Å². The average Bonchev–Trinajstić information content (AvgIpc) is 0.788. The Hall–Kier alpha value is -2.62. The van der Waals surface area contributed by atoms with Crippen molar-refractivity contribution >= 4 is 11.8 Å². The quantitative estimate of drug-likeness (QED) is 0.0427. The molecule has 8 aliphatic heterocycles. The van der Waals surface area contributed by atoms with Crippen molar-refractivity contribution < 1.29 is 203 Å². The third kappa shape index (κ3) is 17.0. The van der Waals surface area contributed by atoms with E-state index in [-0.39, 0.29) is 0 Å². The molecule has 8 heterocycles. The number of rotatable bonds is 24. The average molecular weight is 1400 g/mol. The molecule has 8 saturated heterocycles. The largest absolute Gasteiger partial charge is 0.394 e. The SMILES string of the molecule is CC(=O)N[C@@H]1[C@@H](O[C@@H]2O[C@H](CO[C@H]3O[C@H](CO)[C@H](O)[C@H](O[C@@H]4O[C@H](CO)[C@H](O)[C@H](O[C@@H]5O[C@H](CO[C@H]6O[C@H](CO)[C@H](O)[C@H](O[C@@H]7O[C@H](CO)[C@@H](O)[C@H](O[C@@H]8O[C@H](CO)[C@H](O)[C@H](O)[C@H]8O)[C@H]7NC(C)=O)[C@H]6O)[C@@H](O)[C@H](O)[C@H]5O)[C@H]4O)[C@H]3O)[C@@H](O)[C@H](O)[C@H]2O)[C@H](O)[C@@H](CO)O[C@H]1O. The van der Waals surface area contributed by atoms with Gasteiger partial charge in [-0.3, -0.25) is 9.59 Å². The van der Waals surface area contributed by atoms with Gasteiger partial charge in [-0.2, -0.15) is 0 Å². The Morgan fingerprint density at radius 3 is 0.874 bits per heavy atom. The van der Waals surface area contributed by atoms with E-state index in [0.717, 1.165) is 13.8 Å². The minimum absolute atomic E-state index is 0.751. The van der Waals surface area contributed by atoms with E-state index in [1.807, 2.05) is 0 Å². The fourth-order valence-electron chi connectivity index (χ4n) is 12.1. The van der Waals surface area contributed by atoms with Crippen molar-refractivity contribution in [3.8, 4) is 0 Å². The van der Waals surface area contributed by atoms with E-state index < -0.39 is 310 Å². The zero-order valence-electron chi connectivity index (χ0n) is 50.4. The molecule has 0 aromatic rings. The lowest BCUT2D eigenvalue weighted by atomic mass is 9.94. The third-order valence-corrected chi connectivity index (χ3v) is 17.4. The second-order valence-electron chi connectivity index (χ2n) is 23.9. The summed E-state index contributed by atoms with van der Waals surface area (Å²) in [6.45, 7) is -5.83. The minimum atomic E-state index is -2.33. The van der Waals surface area contributed by atoms with Crippen LogP contribution in [-0.4, -0.2) is 433 Å². The third-order valence-electron chi connectivity index (χ3n) is 17.4. The summed E-state index contributed by atoms with van der Waals surface area (Å²) in [6, 6.07) is -3.31. The summed E-state index contributed by atoms with van der Waals surface area (Å²) in [5, 5.41) is 265. The summed E-state index contributed by atoms with van der Waals surface area (Å²) in [4.78, 5) is 24.6. The van der Waals surface area contributed by atoms with E-state index in [1.54, 1.807) is 0 Å². The molecule has 8 rings (SSSR count). The van der Waals surface area contributed by atoms with Gasteiger partial charge in [0, 0.05) is 13.8 Å². The predicted molar refractivity (Wildman–Crippen MR) is 288 cm³/mol. The molecule has 8 fully saturated rings. The van der Waals surface area contributed by atoms with Crippen LogP contribution in [0, 0.1) is 0 Å². The van der Waals surface area contributed by atoms with Gasteiger partial charge < -0.3 is 204 Å². The van der Waals surface area contributed by atoms with Crippen LogP contribution in [0.2, 0.25) is 0 Å². The first-order chi connectivity index (χ1) is 44.9. The van der Waals surface area contributed by atoms with Gasteiger partial charge >= 0.3 is 0 Å². The van der Waals surface area contributed by atoms with Crippen LogP contribution < -0.4 is 10.6 Å². The van der Waals surface area contributed by atoms with Crippen molar-refractivity contribution in [3.05, 3.63) is 0 Å². The molecule has 2 amide bonds. The van der Waals surface area contributed by atoms with E-state index in [1.165, 1.54) is 0 Å². The lowest BCUT2D eigenvalue weighted by Crippen LogP contribution is -2.70. The first kappa shape index (κ1) is 78.1. The molecule has 552 valence electrons. The number of carbonyl (C=O) groups is 2. The van der Waals surface area contributed by atoms with Crippen molar-refractivity contribution in [3.63, 3.8) is 0 Å². The molecule has 0 spiro atoms. The summed E-state index contributed by atoms with van der Waals surface area (Å²) in [7, 11) is 0.